The fraction of sp³-hybridized carbons (Fsp3) is 0.500. The lowest BCUT2D eigenvalue weighted by Crippen LogP contribution is -2.27. The van der Waals surface area contributed by atoms with E-state index in [4.69, 9.17) is 0 Å². The highest BCUT2D eigenvalue weighted by Gasteiger charge is 2.39. The van der Waals surface area contributed by atoms with Gasteiger partial charge in [-0.15, -0.1) is 0 Å². The molecule has 28 heavy (non-hydrogen) atoms. The molecule has 1 aromatic heterocycles. The van der Waals surface area contributed by atoms with Crippen LogP contribution < -0.4 is 10.0 Å². The Morgan fingerprint density at radius 3 is 2.61 bits per heavy atom. The second-order valence-electron chi connectivity index (χ2n) is 9.23. The third-order valence-electron chi connectivity index (χ3n) is 6.13. The van der Waals surface area contributed by atoms with Gasteiger partial charge in [0.05, 0.1) is 5.69 Å². The van der Waals surface area contributed by atoms with Gasteiger partial charge < -0.3 is 5.32 Å². The van der Waals surface area contributed by atoms with Gasteiger partial charge >= 0.3 is 0 Å². The van der Waals surface area contributed by atoms with Crippen LogP contribution in [-0.2, 0) is 15.4 Å². The molecular weight excluding hydrogens is 370 g/mol. The molecule has 3 atom stereocenters. The number of fused-ring (bicyclic) bond motifs is 2. The van der Waals surface area contributed by atoms with Gasteiger partial charge in [-0.25, -0.2) is 8.42 Å². The van der Waals surface area contributed by atoms with Crippen LogP contribution in [0.3, 0.4) is 0 Å². The Morgan fingerprint density at radius 2 is 1.93 bits per heavy atom. The van der Waals surface area contributed by atoms with Gasteiger partial charge in [-0.1, -0.05) is 39.3 Å². The van der Waals surface area contributed by atoms with Crippen LogP contribution in [0.15, 0.2) is 47.6 Å². The van der Waals surface area contributed by atoms with Gasteiger partial charge in [-0.3, -0.25) is 9.71 Å². The zero-order valence-corrected chi connectivity index (χ0v) is 17.6. The third kappa shape index (κ3) is 3.88. The highest BCUT2D eigenvalue weighted by Crippen LogP contribution is 2.45. The molecule has 2 aliphatic carbocycles. The standard InChI is InChI=1S/C22H29N3O2S/c1-22(2,3)17-5-4-6-18(13-17)25-28(26,27)21-14-23-10-9-19(21)24-20-12-15-7-8-16(20)11-15/h4-6,9-10,13-16,20,25H,7-8,11-12H2,1-3H3,(H,23,24)/t15-,16+,20+/m0/s1. The van der Waals surface area contributed by atoms with E-state index in [-0.39, 0.29) is 10.3 Å². The Kier molecular flexibility index (Phi) is 4.86. The lowest BCUT2D eigenvalue weighted by atomic mass is 9.87. The lowest BCUT2D eigenvalue weighted by Gasteiger charge is -2.25. The van der Waals surface area contributed by atoms with Crippen molar-refractivity contribution >= 4 is 21.4 Å². The number of sulfonamides is 1. The van der Waals surface area contributed by atoms with E-state index in [1.807, 2.05) is 18.2 Å². The maximum atomic E-state index is 13.1. The first-order valence-electron chi connectivity index (χ1n) is 10.1. The smallest absolute Gasteiger partial charge is 0.265 e. The maximum Gasteiger partial charge on any atom is 0.265 e. The second-order valence-corrected chi connectivity index (χ2v) is 10.9. The minimum Gasteiger partial charge on any atom is -0.381 e. The molecule has 150 valence electrons. The SMILES string of the molecule is CC(C)(C)c1cccc(NS(=O)(=O)c2cnccc2N[C@@H]2C[C@H]3CC[C@@H]2C3)c1. The number of aromatic nitrogens is 1. The minimum absolute atomic E-state index is 0.0513. The molecule has 2 aromatic rings. The Morgan fingerprint density at radius 1 is 1.11 bits per heavy atom. The number of benzene rings is 1. The fourth-order valence-corrected chi connectivity index (χ4v) is 5.76. The molecule has 0 amide bonds. The van der Waals surface area contributed by atoms with E-state index >= 15 is 0 Å². The van der Waals surface area contributed by atoms with Gasteiger partial charge in [0, 0.05) is 24.1 Å². The zero-order valence-electron chi connectivity index (χ0n) is 16.8. The summed E-state index contributed by atoms with van der Waals surface area (Å²) in [6.07, 6.45) is 8.04. The molecule has 2 N–H and O–H groups in total. The number of pyridine rings is 1. The Bertz CT molecular complexity index is 966. The van der Waals surface area contributed by atoms with E-state index in [1.54, 1.807) is 18.3 Å². The van der Waals surface area contributed by atoms with Crippen LogP contribution in [-0.4, -0.2) is 19.4 Å². The first-order valence-corrected chi connectivity index (χ1v) is 11.5. The van der Waals surface area contributed by atoms with Crippen LogP contribution in [0.4, 0.5) is 11.4 Å². The largest absolute Gasteiger partial charge is 0.381 e. The average Bonchev–Trinajstić information content (AvgIpc) is 3.24. The van der Waals surface area contributed by atoms with Crippen LogP contribution in [0.1, 0.15) is 52.0 Å². The molecule has 4 rings (SSSR count). The number of anilines is 2. The van der Waals surface area contributed by atoms with Crippen LogP contribution >= 0.6 is 0 Å². The van der Waals surface area contributed by atoms with E-state index in [0.29, 0.717) is 23.3 Å². The van der Waals surface area contributed by atoms with Crippen molar-refractivity contribution in [1.29, 1.82) is 0 Å². The second kappa shape index (κ2) is 7.07. The molecule has 0 aliphatic heterocycles. The molecular formula is C22H29N3O2S. The monoisotopic (exact) mass is 399 g/mol. The van der Waals surface area contributed by atoms with E-state index < -0.39 is 10.0 Å². The van der Waals surface area contributed by atoms with Crippen molar-refractivity contribution in [3.63, 3.8) is 0 Å². The van der Waals surface area contributed by atoms with Crippen LogP contribution in [0.2, 0.25) is 0 Å². The summed E-state index contributed by atoms with van der Waals surface area (Å²) in [6.45, 7) is 6.33. The summed E-state index contributed by atoms with van der Waals surface area (Å²) in [7, 11) is -3.74. The summed E-state index contributed by atoms with van der Waals surface area (Å²) in [5.74, 6) is 1.45. The molecule has 2 fully saturated rings. The normalized spacial score (nSPS) is 24.3. The van der Waals surface area contributed by atoms with Gasteiger partial charge in [-0.2, -0.15) is 0 Å². The summed E-state index contributed by atoms with van der Waals surface area (Å²) < 4.78 is 29.0. The highest BCUT2D eigenvalue weighted by molar-refractivity contribution is 7.92. The molecule has 0 radical (unpaired) electrons. The number of nitrogens with zero attached hydrogens (tertiary/aromatic N) is 1. The molecule has 6 heteroatoms. The quantitative estimate of drug-likeness (QED) is 0.759. The predicted molar refractivity (Wildman–Crippen MR) is 113 cm³/mol. The Labute approximate surface area is 168 Å². The topological polar surface area (TPSA) is 71.1 Å². The van der Waals surface area contributed by atoms with E-state index in [0.717, 1.165) is 17.9 Å². The van der Waals surface area contributed by atoms with E-state index in [9.17, 15) is 8.42 Å². The van der Waals surface area contributed by atoms with Crippen molar-refractivity contribution in [1.82, 2.24) is 4.98 Å². The molecule has 2 saturated carbocycles. The van der Waals surface area contributed by atoms with Gasteiger partial charge in [0.1, 0.15) is 4.90 Å². The summed E-state index contributed by atoms with van der Waals surface area (Å²) in [6, 6.07) is 9.72. The van der Waals surface area contributed by atoms with Crippen molar-refractivity contribution in [2.45, 2.75) is 62.8 Å². The van der Waals surface area contributed by atoms with Gasteiger partial charge in [-0.05, 0) is 60.3 Å². The number of rotatable bonds is 5. The number of hydrogen-bond acceptors (Lipinski definition) is 4. The van der Waals surface area contributed by atoms with E-state index in [1.165, 1.54) is 25.5 Å². The summed E-state index contributed by atoms with van der Waals surface area (Å²) in [5, 5.41) is 3.51. The number of hydrogen-bond donors (Lipinski definition) is 2. The van der Waals surface area contributed by atoms with Crippen LogP contribution in [0, 0.1) is 11.8 Å². The molecule has 0 spiro atoms. The number of nitrogens with one attached hydrogen (secondary N) is 2. The van der Waals surface area contributed by atoms with E-state index in [2.05, 4.69) is 35.8 Å². The average molecular weight is 400 g/mol. The maximum absolute atomic E-state index is 13.1. The zero-order chi connectivity index (χ0) is 19.9. The van der Waals surface area contributed by atoms with Crippen LogP contribution in [0.25, 0.3) is 0 Å². The first kappa shape index (κ1) is 19.2. The lowest BCUT2D eigenvalue weighted by molar-refractivity contribution is 0.439. The molecule has 0 unspecified atom stereocenters. The third-order valence-corrected chi connectivity index (χ3v) is 7.54. The predicted octanol–water partition coefficient (Wildman–Crippen LogP) is 4.78. The van der Waals surface area contributed by atoms with Crippen molar-refractivity contribution in [3.8, 4) is 0 Å². The molecule has 1 aromatic carbocycles. The molecule has 2 aliphatic rings. The molecule has 0 saturated heterocycles. The van der Waals surface area contributed by atoms with Gasteiger partial charge in [0.15, 0.2) is 0 Å². The summed E-state index contributed by atoms with van der Waals surface area (Å²) in [5.41, 5.74) is 2.25. The first-order chi connectivity index (χ1) is 13.2. The van der Waals surface area contributed by atoms with Crippen molar-refractivity contribution < 1.29 is 8.42 Å². The van der Waals surface area contributed by atoms with Crippen molar-refractivity contribution in [2.75, 3.05) is 10.0 Å². The Balaban J connectivity index is 1.58. The Hall–Kier alpha value is -2.08. The summed E-state index contributed by atoms with van der Waals surface area (Å²) >= 11 is 0. The summed E-state index contributed by atoms with van der Waals surface area (Å²) in [4.78, 5) is 4.28. The molecule has 5 nitrogen and oxygen atoms in total. The van der Waals surface area contributed by atoms with Gasteiger partial charge in [0.25, 0.3) is 10.0 Å². The highest BCUT2D eigenvalue weighted by atomic mass is 32.2. The van der Waals surface area contributed by atoms with Crippen molar-refractivity contribution in [3.05, 3.63) is 48.3 Å². The van der Waals surface area contributed by atoms with Gasteiger partial charge in [0.2, 0.25) is 0 Å². The van der Waals surface area contributed by atoms with Crippen LogP contribution in [0.5, 0.6) is 0 Å². The van der Waals surface area contributed by atoms with Crippen molar-refractivity contribution in [2.24, 2.45) is 11.8 Å². The fourth-order valence-electron chi connectivity index (χ4n) is 4.59. The molecule has 1 heterocycles. The minimum atomic E-state index is -3.74. The molecule has 2 bridgehead atoms.